The lowest BCUT2D eigenvalue weighted by Crippen LogP contribution is -2.40. The number of halogens is 1. The predicted molar refractivity (Wildman–Crippen MR) is 126 cm³/mol. The molecule has 0 saturated heterocycles. The normalized spacial score (nSPS) is 14.6. The van der Waals surface area contributed by atoms with Crippen LogP contribution in [0.5, 0.6) is 0 Å². The van der Waals surface area contributed by atoms with Crippen molar-refractivity contribution in [2.24, 2.45) is 10.9 Å². The summed E-state index contributed by atoms with van der Waals surface area (Å²) in [5, 5.41) is 15.3. The summed E-state index contributed by atoms with van der Waals surface area (Å²) in [5.74, 6) is 3.24. The van der Waals surface area contributed by atoms with Crippen molar-refractivity contribution in [2.45, 2.75) is 52.8 Å². The van der Waals surface area contributed by atoms with Gasteiger partial charge in [-0.2, -0.15) is 0 Å². The van der Waals surface area contributed by atoms with E-state index in [0.717, 1.165) is 43.7 Å². The van der Waals surface area contributed by atoms with Crippen molar-refractivity contribution < 1.29 is 4.74 Å². The number of guanidine groups is 1. The van der Waals surface area contributed by atoms with Gasteiger partial charge in [-0.25, -0.2) is 4.99 Å². The SMILES string of the molecule is CCNC(=NCc1nnc2n1CCCC2)NCC(C)COCc1ccccc1.I. The molecule has 0 bridgehead atoms. The lowest BCUT2D eigenvalue weighted by atomic mass is 10.2. The molecular weight excluding hydrogens is 479 g/mol. The summed E-state index contributed by atoms with van der Waals surface area (Å²) in [4.78, 5) is 4.69. The van der Waals surface area contributed by atoms with Crippen molar-refractivity contribution in [3.8, 4) is 0 Å². The number of aliphatic imine (C=N–C) groups is 1. The number of fused-ring (bicyclic) bond motifs is 1. The molecule has 0 saturated carbocycles. The Bertz CT molecular complexity index is 749. The quantitative estimate of drug-likeness (QED) is 0.307. The Morgan fingerprint density at radius 2 is 2.03 bits per heavy atom. The molecule has 2 aromatic rings. The van der Waals surface area contributed by atoms with Gasteiger partial charge in [-0.05, 0) is 31.2 Å². The molecule has 0 aliphatic carbocycles. The molecule has 8 heteroatoms. The van der Waals surface area contributed by atoms with Gasteiger partial charge >= 0.3 is 0 Å². The minimum absolute atomic E-state index is 0. The van der Waals surface area contributed by atoms with E-state index in [1.54, 1.807) is 0 Å². The van der Waals surface area contributed by atoms with Gasteiger partial charge < -0.3 is 19.9 Å². The molecule has 3 rings (SSSR count). The van der Waals surface area contributed by atoms with Crippen molar-refractivity contribution >= 4 is 29.9 Å². The highest BCUT2D eigenvalue weighted by molar-refractivity contribution is 14.0. The number of hydrogen-bond acceptors (Lipinski definition) is 4. The van der Waals surface area contributed by atoms with Gasteiger partial charge in [0.25, 0.3) is 0 Å². The molecule has 1 atom stereocenters. The van der Waals surface area contributed by atoms with E-state index < -0.39 is 0 Å². The van der Waals surface area contributed by atoms with Crippen LogP contribution in [0.1, 0.15) is 43.9 Å². The molecule has 1 aliphatic rings. The number of nitrogens with zero attached hydrogens (tertiary/aromatic N) is 4. The number of nitrogens with one attached hydrogen (secondary N) is 2. The summed E-state index contributed by atoms with van der Waals surface area (Å²) in [6, 6.07) is 10.3. The Morgan fingerprint density at radius 3 is 2.83 bits per heavy atom. The number of benzene rings is 1. The molecule has 2 heterocycles. The van der Waals surface area contributed by atoms with Gasteiger partial charge in [0, 0.05) is 26.1 Å². The third-order valence-corrected chi connectivity index (χ3v) is 4.79. The average Bonchev–Trinajstić information content (AvgIpc) is 3.14. The molecule has 2 N–H and O–H groups in total. The third-order valence-electron chi connectivity index (χ3n) is 4.79. The number of aromatic nitrogens is 3. The van der Waals surface area contributed by atoms with Crippen LogP contribution in [0, 0.1) is 5.92 Å². The zero-order valence-corrected chi connectivity index (χ0v) is 19.8. The molecule has 0 fully saturated rings. The summed E-state index contributed by atoms with van der Waals surface area (Å²) in [6.45, 7) is 8.78. The molecule has 7 nitrogen and oxygen atoms in total. The molecule has 1 aromatic carbocycles. The van der Waals surface area contributed by atoms with Crippen LogP contribution in [-0.2, 0) is 30.9 Å². The van der Waals surface area contributed by atoms with Crippen LogP contribution in [0.2, 0.25) is 0 Å². The van der Waals surface area contributed by atoms with Crippen LogP contribution in [-0.4, -0.2) is 40.4 Å². The van der Waals surface area contributed by atoms with E-state index in [9.17, 15) is 0 Å². The van der Waals surface area contributed by atoms with Crippen molar-refractivity contribution in [2.75, 3.05) is 19.7 Å². The van der Waals surface area contributed by atoms with Gasteiger partial charge in [0.05, 0.1) is 13.2 Å². The summed E-state index contributed by atoms with van der Waals surface area (Å²) < 4.78 is 8.05. The van der Waals surface area contributed by atoms with Crippen LogP contribution >= 0.6 is 24.0 Å². The molecule has 29 heavy (non-hydrogen) atoms. The second-order valence-electron chi connectivity index (χ2n) is 7.32. The van der Waals surface area contributed by atoms with Gasteiger partial charge in [0.15, 0.2) is 11.8 Å². The molecule has 0 radical (unpaired) electrons. The Labute approximate surface area is 190 Å². The molecule has 0 spiro atoms. The molecular formula is C21H33IN6O. The number of aryl methyl sites for hydroxylation is 1. The smallest absolute Gasteiger partial charge is 0.191 e. The first-order valence-corrected chi connectivity index (χ1v) is 10.3. The molecule has 1 aliphatic heterocycles. The van der Waals surface area contributed by atoms with E-state index in [0.29, 0.717) is 25.7 Å². The van der Waals surface area contributed by atoms with Crippen molar-refractivity contribution in [3.63, 3.8) is 0 Å². The average molecular weight is 512 g/mol. The minimum Gasteiger partial charge on any atom is -0.376 e. The second kappa shape index (κ2) is 12.8. The fraction of sp³-hybridized carbons (Fsp3) is 0.571. The fourth-order valence-corrected chi connectivity index (χ4v) is 3.26. The van der Waals surface area contributed by atoms with Crippen LogP contribution in [0.3, 0.4) is 0 Å². The van der Waals surface area contributed by atoms with Gasteiger partial charge in [-0.15, -0.1) is 34.2 Å². The van der Waals surface area contributed by atoms with Crippen molar-refractivity contribution in [1.82, 2.24) is 25.4 Å². The van der Waals surface area contributed by atoms with Gasteiger partial charge in [-0.3, -0.25) is 0 Å². The van der Waals surface area contributed by atoms with E-state index in [4.69, 9.17) is 9.73 Å². The van der Waals surface area contributed by atoms with E-state index in [1.807, 2.05) is 18.2 Å². The predicted octanol–water partition coefficient (Wildman–Crippen LogP) is 3.14. The van der Waals surface area contributed by atoms with E-state index in [-0.39, 0.29) is 24.0 Å². The highest BCUT2D eigenvalue weighted by Gasteiger charge is 2.15. The largest absolute Gasteiger partial charge is 0.376 e. The maximum absolute atomic E-state index is 5.83. The lowest BCUT2D eigenvalue weighted by Gasteiger charge is -2.17. The summed E-state index contributed by atoms with van der Waals surface area (Å²) >= 11 is 0. The Kier molecular flexibility index (Phi) is 10.4. The molecule has 160 valence electrons. The fourth-order valence-electron chi connectivity index (χ4n) is 3.26. The standard InChI is InChI=1S/C21H32N6O.HI/c1-3-22-21(24-14-20-26-25-19-11-7-8-12-27(19)20)23-13-17(2)15-28-16-18-9-5-4-6-10-18;/h4-6,9-10,17H,3,7-8,11-16H2,1-2H3,(H2,22,23,24);1H. The first-order chi connectivity index (χ1) is 13.8. The monoisotopic (exact) mass is 512 g/mol. The lowest BCUT2D eigenvalue weighted by molar-refractivity contribution is 0.0931. The molecule has 0 amide bonds. The molecule has 1 unspecified atom stereocenters. The Balaban J connectivity index is 0.00000300. The summed E-state index contributed by atoms with van der Waals surface area (Å²) in [6.07, 6.45) is 3.42. The topological polar surface area (TPSA) is 76.4 Å². The van der Waals surface area contributed by atoms with Crippen LogP contribution < -0.4 is 10.6 Å². The van der Waals surface area contributed by atoms with Gasteiger partial charge in [-0.1, -0.05) is 37.3 Å². The first-order valence-electron chi connectivity index (χ1n) is 10.3. The van der Waals surface area contributed by atoms with Gasteiger partial charge in [0.1, 0.15) is 12.4 Å². The third kappa shape index (κ3) is 7.58. The molecule has 1 aromatic heterocycles. The number of ether oxygens (including phenoxy) is 1. The highest BCUT2D eigenvalue weighted by Crippen LogP contribution is 2.14. The van der Waals surface area contributed by atoms with E-state index >= 15 is 0 Å². The number of hydrogen-bond donors (Lipinski definition) is 2. The maximum Gasteiger partial charge on any atom is 0.191 e. The Morgan fingerprint density at radius 1 is 1.21 bits per heavy atom. The first kappa shape index (κ1) is 23.6. The van der Waals surface area contributed by atoms with Crippen molar-refractivity contribution in [3.05, 3.63) is 47.5 Å². The zero-order chi connectivity index (χ0) is 19.6. The van der Waals surface area contributed by atoms with Crippen LogP contribution in [0.4, 0.5) is 0 Å². The summed E-state index contributed by atoms with van der Waals surface area (Å²) in [7, 11) is 0. The Hall–Kier alpha value is -1.68. The maximum atomic E-state index is 5.83. The summed E-state index contributed by atoms with van der Waals surface area (Å²) in [5.41, 5.74) is 1.20. The van der Waals surface area contributed by atoms with Crippen LogP contribution in [0.25, 0.3) is 0 Å². The second-order valence-corrected chi connectivity index (χ2v) is 7.32. The van der Waals surface area contributed by atoms with E-state index in [2.05, 4.69) is 51.4 Å². The highest BCUT2D eigenvalue weighted by atomic mass is 127. The van der Waals surface area contributed by atoms with E-state index in [1.165, 1.54) is 18.4 Å². The van der Waals surface area contributed by atoms with Gasteiger partial charge in [0.2, 0.25) is 0 Å². The van der Waals surface area contributed by atoms with Crippen LogP contribution in [0.15, 0.2) is 35.3 Å². The number of rotatable bonds is 9. The minimum atomic E-state index is 0. The van der Waals surface area contributed by atoms with Crippen molar-refractivity contribution in [1.29, 1.82) is 0 Å². The zero-order valence-electron chi connectivity index (χ0n) is 17.4.